The van der Waals surface area contributed by atoms with E-state index in [1.165, 1.54) is 37.7 Å². The largest absolute Gasteiger partial charge is 0.497 e. The lowest BCUT2D eigenvalue weighted by molar-refractivity contribution is -0.130. The third kappa shape index (κ3) is 2.57. The van der Waals surface area contributed by atoms with Crippen molar-refractivity contribution in [3.05, 3.63) is 28.8 Å². The van der Waals surface area contributed by atoms with Crippen molar-refractivity contribution in [3.8, 4) is 5.75 Å². The van der Waals surface area contributed by atoms with Gasteiger partial charge in [-0.1, -0.05) is 30.5 Å². The Balaban J connectivity index is 1.37. The molecule has 0 radical (unpaired) electrons. The topological polar surface area (TPSA) is 30.5 Å². The van der Waals surface area contributed by atoms with Gasteiger partial charge in [0.05, 0.1) is 13.2 Å². The highest BCUT2D eigenvalue weighted by atomic mass is 35.5. The normalized spacial score (nSPS) is 31.1. The lowest BCUT2D eigenvalue weighted by atomic mass is 9.54. The number of nitrogens with one attached hydrogen (secondary N) is 1. The van der Waals surface area contributed by atoms with Crippen LogP contribution in [-0.2, 0) is 11.2 Å². The Hall–Kier alpha value is -0.770. The molecule has 0 bridgehead atoms. The average molecular weight is 336 g/mol. The summed E-state index contributed by atoms with van der Waals surface area (Å²) in [6.07, 6.45) is 8.15. The first-order valence-electron chi connectivity index (χ1n) is 8.92. The fraction of sp³-hybridized carbons (Fsp3) is 0.684. The van der Waals surface area contributed by atoms with Gasteiger partial charge < -0.3 is 14.8 Å². The lowest BCUT2D eigenvalue weighted by Gasteiger charge is -2.57. The van der Waals surface area contributed by atoms with Crippen molar-refractivity contribution in [3.63, 3.8) is 0 Å². The zero-order valence-corrected chi connectivity index (χ0v) is 14.6. The monoisotopic (exact) mass is 335 g/mol. The predicted molar refractivity (Wildman–Crippen MR) is 92.2 cm³/mol. The molecule has 0 amide bonds. The first kappa shape index (κ1) is 15.7. The molecule has 1 saturated heterocycles. The molecule has 1 spiro atoms. The summed E-state index contributed by atoms with van der Waals surface area (Å²) in [5, 5.41) is 4.66. The zero-order valence-electron chi connectivity index (χ0n) is 13.8. The van der Waals surface area contributed by atoms with Crippen LogP contribution in [0.3, 0.4) is 0 Å². The van der Waals surface area contributed by atoms with Gasteiger partial charge in [0.15, 0.2) is 0 Å². The Labute approximate surface area is 143 Å². The van der Waals surface area contributed by atoms with E-state index < -0.39 is 0 Å². The summed E-state index contributed by atoms with van der Waals surface area (Å²) in [6.45, 7) is 1.95. The van der Waals surface area contributed by atoms with E-state index >= 15 is 0 Å². The fourth-order valence-corrected chi connectivity index (χ4v) is 5.49. The van der Waals surface area contributed by atoms with Gasteiger partial charge >= 0.3 is 0 Å². The minimum absolute atomic E-state index is 0.435. The SMILES string of the molecule is COc1ccc(CCN[C@@H]2[C@@H]3CCO[C@@H]3C23CCCC3)c(Cl)c1. The molecule has 1 N–H and O–H groups in total. The molecule has 1 aromatic carbocycles. The third-order valence-corrected chi connectivity index (χ3v) is 6.66. The van der Waals surface area contributed by atoms with Gasteiger partial charge in [0.2, 0.25) is 0 Å². The number of hydrogen-bond donors (Lipinski definition) is 1. The van der Waals surface area contributed by atoms with Crippen LogP contribution in [0.4, 0.5) is 0 Å². The van der Waals surface area contributed by atoms with Crippen LogP contribution in [0.25, 0.3) is 0 Å². The molecule has 4 heteroatoms. The van der Waals surface area contributed by atoms with Crippen molar-refractivity contribution in [2.45, 2.75) is 50.7 Å². The van der Waals surface area contributed by atoms with Crippen LogP contribution in [0.1, 0.15) is 37.7 Å². The van der Waals surface area contributed by atoms with Gasteiger partial charge in [0, 0.05) is 29.0 Å². The molecule has 3 aliphatic rings. The van der Waals surface area contributed by atoms with Gasteiger partial charge in [-0.05, 0) is 49.9 Å². The second-order valence-corrected chi connectivity index (χ2v) is 7.73. The van der Waals surface area contributed by atoms with Crippen LogP contribution >= 0.6 is 11.6 Å². The highest BCUT2D eigenvalue weighted by molar-refractivity contribution is 6.31. The molecule has 1 aliphatic heterocycles. The molecular weight excluding hydrogens is 310 g/mol. The number of hydrogen-bond acceptors (Lipinski definition) is 3. The molecule has 1 heterocycles. The number of fused-ring (bicyclic) bond motifs is 2. The van der Waals surface area contributed by atoms with E-state index in [4.69, 9.17) is 21.1 Å². The quantitative estimate of drug-likeness (QED) is 0.887. The van der Waals surface area contributed by atoms with Gasteiger partial charge in [-0.3, -0.25) is 0 Å². The van der Waals surface area contributed by atoms with Crippen molar-refractivity contribution in [1.29, 1.82) is 0 Å². The number of halogens is 1. The minimum Gasteiger partial charge on any atom is -0.497 e. The molecule has 1 aromatic rings. The van der Waals surface area contributed by atoms with Crippen molar-refractivity contribution < 1.29 is 9.47 Å². The van der Waals surface area contributed by atoms with E-state index in [1.54, 1.807) is 7.11 Å². The Morgan fingerprint density at radius 1 is 1.35 bits per heavy atom. The molecule has 3 atom stereocenters. The van der Waals surface area contributed by atoms with Crippen molar-refractivity contribution >= 4 is 11.6 Å². The maximum absolute atomic E-state index is 6.35. The second-order valence-electron chi connectivity index (χ2n) is 7.32. The fourth-order valence-electron chi connectivity index (χ4n) is 5.23. The molecule has 4 rings (SSSR count). The van der Waals surface area contributed by atoms with Crippen LogP contribution in [0, 0.1) is 11.3 Å². The van der Waals surface area contributed by atoms with Crippen LogP contribution in [0.2, 0.25) is 5.02 Å². The Bertz CT molecular complexity index is 570. The first-order valence-corrected chi connectivity index (χ1v) is 9.30. The van der Waals surface area contributed by atoms with Crippen LogP contribution in [0.15, 0.2) is 18.2 Å². The maximum Gasteiger partial charge on any atom is 0.120 e. The van der Waals surface area contributed by atoms with Gasteiger partial charge in [-0.25, -0.2) is 0 Å². The number of ether oxygens (including phenoxy) is 2. The van der Waals surface area contributed by atoms with Gasteiger partial charge in [0.1, 0.15) is 5.75 Å². The van der Waals surface area contributed by atoms with Gasteiger partial charge in [-0.15, -0.1) is 0 Å². The van der Waals surface area contributed by atoms with Gasteiger partial charge in [0.25, 0.3) is 0 Å². The molecule has 2 saturated carbocycles. The maximum atomic E-state index is 6.35. The first-order chi connectivity index (χ1) is 11.2. The van der Waals surface area contributed by atoms with Gasteiger partial charge in [-0.2, -0.15) is 0 Å². The molecule has 2 aliphatic carbocycles. The van der Waals surface area contributed by atoms with Crippen molar-refractivity contribution in [2.24, 2.45) is 11.3 Å². The molecule has 23 heavy (non-hydrogen) atoms. The Kier molecular flexibility index (Phi) is 4.29. The molecule has 0 aromatic heterocycles. The second kappa shape index (κ2) is 6.27. The third-order valence-electron chi connectivity index (χ3n) is 6.30. The molecule has 0 unspecified atom stereocenters. The highest BCUT2D eigenvalue weighted by Crippen LogP contribution is 2.60. The molecule has 3 nitrogen and oxygen atoms in total. The summed E-state index contributed by atoms with van der Waals surface area (Å²) in [6, 6.07) is 6.62. The lowest BCUT2D eigenvalue weighted by Crippen LogP contribution is -2.67. The summed E-state index contributed by atoms with van der Waals surface area (Å²) in [5.74, 6) is 1.56. The van der Waals surface area contributed by atoms with E-state index in [-0.39, 0.29) is 0 Å². The number of methoxy groups -OCH3 is 1. The van der Waals surface area contributed by atoms with Crippen LogP contribution < -0.4 is 10.1 Å². The summed E-state index contributed by atoms with van der Waals surface area (Å²) < 4.78 is 11.3. The van der Waals surface area contributed by atoms with E-state index in [0.717, 1.165) is 36.3 Å². The van der Waals surface area contributed by atoms with E-state index in [0.29, 0.717) is 17.6 Å². The number of benzene rings is 1. The average Bonchev–Trinajstić information content (AvgIpc) is 3.21. The van der Waals surface area contributed by atoms with E-state index in [9.17, 15) is 0 Å². The van der Waals surface area contributed by atoms with Crippen molar-refractivity contribution in [2.75, 3.05) is 20.3 Å². The summed E-state index contributed by atoms with van der Waals surface area (Å²) in [7, 11) is 1.67. The Morgan fingerprint density at radius 2 is 2.17 bits per heavy atom. The van der Waals surface area contributed by atoms with Crippen LogP contribution in [0.5, 0.6) is 5.75 Å². The molecule has 3 fully saturated rings. The van der Waals surface area contributed by atoms with Crippen LogP contribution in [-0.4, -0.2) is 32.4 Å². The molecular formula is C19H26ClNO2. The summed E-state index contributed by atoms with van der Waals surface area (Å²) in [5.41, 5.74) is 1.63. The molecule has 126 valence electrons. The standard InChI is InChI=1S/C19H26ClNO2/c1-22-14-5-4-13(16(20)12-14)6-10-21-17-15-7-11-23-18(15)19(17)8-2-3-9-19/h4-5,12,15,17-18,21H,2-3,6-11H2,1H3/t15-,17+,18-/m0/s1. The van der Waals surface area contributed by atoms with Crippen molar-refractivity contribution in [1.82, 2.24) is 5.32 Å². The summed E-state index contributed by atoms with van der Waals surface area (Å²) >= 11 is 6.35. The van der Waals surface area contributed by atoms with E-state index in [2.05, 4.69) is 11.4 Å². The van der Waals surface area contributed by atoms with E-state index in [1.807, 2.05) is 12.1 Å². The number of rotatable bonds is 5. The predicted octanol–water partition coefficient (Wildman–Crippen LogP) is 3.83. The Morgan fingerprint density at radius 3 is 2.91 bits per heavy atom. The smallest absolute Gasteiger partial charge is 0.120 e. The minimum atomic E-state index is 0.435. The zero-order chi connectivity index (χ0) is 15.9. The summed E-state index contributed by atoms with van der Waals surface area (Å²) in [4.78, 5) is 0. The highest BCUT2D eigenvalue weighted by Gasteiger charge is 2.64.